The number of hydrogen-bond donors (Lipinski definition) is 1. The van der Waals surface area contributed by atoms with Gasteiger partial charge in [0.15, 0.2) is 5.82 Å². The van der Waals surface area contributed by atoms with Gasteiger partial charge in [0, 0.05) is 56.4 Å². The van der Waals surface area contributed by atoms with Gasteiger partial charge in [-0.3, -0.25) is 9.59 Å². The number of piperidine rings is 1. The van der Waals surface area contributed by atoms with Crippen LogP contribution in [0.1, 0.15) is 88.9 Å². The van der Waals surface area contributed by atoms with Crippen molar-refractivity contribution in [3.63, 3.8) is 0 Å². The standard InChI is InChI=1S/C36H50FN7O4/c1-4-44(25(2)3)32(45)28-19-27(37)5-6-29(28)48-31-30(38-24-39-41-31)43-22-34(23-43)11-15-42(16-12-34)20-26-7-9-36(10-8-26)21-35(33(46)40-36)13-17-47-18-14-35/h5-6,19,24-26H,4,7-18,20-23H2,1-3H3,(H,40,46)/t26-,36-. The number of carbonyl (C=O) groups is 2. The molecule has 11 nitrogen and oxygen atoms in total. The predicted molar refractivity (Wildman–Crippen MR) is 178 cm³/mol. The quantitative estimate of drug-likeness (QED) is 0.425. The van der Waals surface area contributed by atoms with Crippen molar-refractivity contribution in [2.45, 2.75) is 90.1 Å². The highest BCUT2D eigenvalue weighted by molar-refractivity contribution is 5.97. The third-order valence-electron chi connectivity index (χ3n) is 12.0. The molecule has 2 aromatic rings. The molecule has 0 radical (unpaired) electrons. The number of likely N-dealkylation sites (tertiary alicyclic amines) is 1. The molecule has 0 atom stereocenters. The fraction of sp³-hybridized carbons (Fsp3) is 0.694. The molecule has 1 aromatic heterocycles. The van der Waals surface area contributed by atoms with Crippen LogP contribution in [0.25, 0.3) is 0 Å². The van der Waals surface area contributed by atoms with Crippen molar-refractivity contribution < 1.29 is 23.5 Å². The van der Waals surface area contributed by atoms with Crippen LogP contribution in [0.4, 0.5) is 10.2 Å². The van der Waals surface area contributed by atoms with Crippen LogP contribution in [0.15, 0.2) is 24.5 Å². The largest absolute Gasteiger partial charge is 0.434 e. The summed E-state index contributed by atoms with van der Waals surface area (Å²) < 4.78 is 26.0. The van der Waals surface area contributed by atoms with Crippen molar-refractivity contribution in [2.24, 2.45) is 16.7 Å². The van der Waals surface area contributed by atoms with Crippen LogP contribution in [0.3, 0.4) is 0 Å². The summed E-state index contributed by atoms with van der Waals surface area (Å²) in [7, 11) is 0. The average molecular weight is 664 g/mol. The fourth-order valence-electron chi connectivity index (χ4n) is 9.13. The molecule has 4 aliphatic heterocycles. The van der Waals surface area contributed by atoms with Crippen LogP contribution in [-0.4, -0.2) is 101 Å². The van der Waals surface area contributed by atoms with Gasteiger partial charge in [0.1, 0.15) is 17.9 Å². The molecule has 260 valence electrons. The van der Waals surface area contributed by atoms with Crippen molar-refractivity contribution in [2.75, 3.05) is 57.4 Å². The Kier molecular flexibility index (Phi) is 9.08. The summed E-state index contributed by atoms with van der Waals surface area (Å²) in [5.41, 5.74) is 0.198. The van der Waals surface area contributed by atoms with Gasteiger partial charge in [0.25, 0.3) is 11.8 Å². The Hall–Kier alpha value is -3.38. The number of amides is 2. The molecule has 3 spiro atoms. The van der Waals surface area contributed by atoms with Crippen molar-refractivity contribution >= 4 is 17.6 Å². The summed E-state index contributed by atoms with van der Waals surface area (Å²) in [6.45, 7) is 12.7. The second kappa shape index (κ2) is 13.2. The van der Waals surface area contributed by atoms with Gasteiger partial charge in [-0.25, -0.2) is 9.37 Å². The van der Waals surface area contributed by atoms with Crippen LogP contribution in [-0.2, 0) is 9.53 Å². The van der Waals surface area contributed by atoms with E-state index in [0.717, 1.165) is 77.7 Å². The zero-order valence-electron chi connectivity index (χ0n) is 28.7. The Balaban J connectivity index is 0.921. The Labute approximate surface area is 282 Å². The third-order valence-corrected chi connectivity index (χ3v) is 12.0. The minimum Gasteiger partial charge on any atom is -0.434 e. The SMILES string of the molecule is CCN(C(=O)c1cc(F)ccc1Oc1nncnc1N1CC2(CCN(C[C@H]3CC[C@]4(CC3)CC3(CCOCC3)C(=O)N4)CC2)C1)C(C)C. The zero-order valence-corrected chi connectivity index (χ0v) is 28.7. The first-order valence-electron chi connectivity index (χ1n) is 18.0. The van der Waals surface area contributed by atoms with Crippen molar-refractivity contribution in [1.82, 2.24) is 30.3 Å². The number of nitrogens with one attached hydrogen (secondary N) is 1. The Morgan fingerprint density at radius 3 is 2.54 bits per heavy atom. The average Bonchev–Trinajstić information content (AvgIpc) is 3.32. The first-order chi connectivity index (χ1) is 23.1. The first kappa shape index (κ1) is 33.1. The molecule has 5 heterocycles. The molecule has 1 saturated carbocycles. The van der Waals surface area contributed by atoms with E-state index in [1.807, 2.05) is 20.8 Å². The van der Waals surface area contributed by atoms with Crippen LogP contribution in [0.2, 0.25) is 0 Å². The number of anilines is 1. The summed E-state index contributed by atoms with van der Waals surface area (Å²) in [5, 5.41) is 11.7. The van der Waals surface area contributed by atoms with E-state index in [1.165, 1.54) is 37.4 Å². The molecular weight excluding hydrogens is 613 g/mol. The maximum atomic E-state index is 14.3. The fourth-order valence-corrected chi connectivity index (χ4v) is 9.13. The van der Waals surface area contributed by atoms with Crippen molar-refractivity contribution in [3.05, 3.63) is 35.9 Å². The lowest BCUT2D eigenvalue weighted by atomic mass is 9.68. The predicted octanol–water partition coefficient (Wildman–Crippen LogP) is 4.82. The summed E-state index contributed by atoms with van der Waals surface area (Å²) in [5.74, 6) is 1.21. The monoisotopic (exact) mass is 663 g/mol. The highest BCUT2D eigenvalue weighted by Gasteiger charge is 2.55. The van der Waals surface area contributed by atoms with E-state index in [9.17, 15) is 14.0 Å². The number of carbonyl (C=O) groups excluding carboxylic acids is 2. The molecule has 4 saturated heterocycles. The number of rotatable bonds is 8. The van der Waals surface area contributed by atoms with E-state index >= 15 is 0 Å². The molecule has 5 fully saturated rings. The Bertz CT molecular complexity index is 1490. The van der Waals surface area contributed by atoms with Gasteiger partial charge in [-0.15, -0.1) is 10.2 Å². The topological polar surface area (TPSA) is 113 Å². The zero-order chi connectivity index (χ0) is 33.5. The Morgan fingerprint density at radius 2 is 1.85 bits per heavy atom. The van der Waals surface area contributed by atoms with E-state index < -0.39 is 5.82 Å². The number of halogens is 1. The van der Waals surface area contributed by atoms with Crippen LogP contribution in [0, 0.1) is 22.6 Å². The number of aromatic nitrogens is 3. The molecule has 12 heteroatoms. The lowest BCUT2D eigenvalue weighted by Crippen LogP contribution is -2.61. The normalized spacial score (nSPS) is 26.6. The van der Waals surface area contributed by atoms with Gasteiger partial charge in [0.05, 0.1) is 11.0 Å². The van der Waals surface area contributed by atoms with Crippen molar-refractivity contribution in [3.8, 4) is 11.6 Å². The molecule has 1 aliphatic carbocycles. The van der Waals surface area contributed by atoms with E-state index in [-0.39, 0.29) is 51.4 Å². The van der Waals surface area contributed by atoms with Gasteiger partial charge in [-0.1, -0.05) is 0 Å². The molecule has 0 unspecified atom stereocenters. The Morgan fingerprint density at radius 1 is 1.12 bits per heavy atom. The second-order valence-electron chi connectivity index (χ2n) is 15.4. The highest BCUT2D eigenvalue weighted by Crippen LogP contribution is 2.50. The summed E-state index contributed by atoms with van der Waals surface area (Å²) in [6, 6.07) is 3.94. The minimum atomic E-state index is -0.503. The number of ether oxygens (including phenoxy) is 2. The van der Waals surface area contributed by atoms with Gasteiger partial charge < -0.3 is 29.5 Å². The van der Waals surface area contributed by atoms with Crippen LogP contribution >= 0.6 is 0 Å². The molecule has 48 heavy (non-hydrogen) atoms. The molecule has 1 aromatic carbocycles. The lowest BCUT2D eigenvalue weighted by molar-refractivity contribution is -0.132. The second-order valence-corrected chi connectivity index (χ2v) is 15.4. The summed E-state index contributed by atoms with van der Waals surface area (Å²) in [6.07, 6.45) is 11.0. The van der Waals surface area contributed by atoms with Crippen LogP contribution in [0.5, 0.6) is 11.6 Å². The van der Waals surface area contributed by atoms with Crippen molar-refractivity contribution in [1.29, 1.82) is 0 Å². The summed E-state index contributed by atoms with van der Waals surface area (Å²) in [4.78, 5) is 37.4. The number of nitrogens with zero attached hydrogens (tertiary/aromatic N) is 6. The third kappa shape index (κ3) is 6.37. The molecule has 7 rings (SSSR count). The number of hydrogen-bond acceptors (Lipinski definition) is 9. The molecule has 1 N–H and O–H groups in total. The lowest BCUT2D eigenvalue weighted by Gasteiger charge is -2.54. The first-order valence-corrected chi connectivity index (χ1v) is 18.0. The van der Waals surface area contributed by atoms with Gasteiger partial charge in [-0.05, 0) is 116 Å². The maximum Gasteiger partial charge on any atom is 0.282 e. The molecule has 2 amide bonds. The smallest absolute Gasteiger partial charge is 0.282 e. The van der Waals surface area contributed by atoms with E-state index in [2.05, 4.69) is 30.3 Å². The van der Waals surface area contributed by atoms with Gasteiger partial charge in [-0.2, -0.15) is 0 Å². The molecule has 0 bridgehead atoms. The molecular formula is C36H50FN7O4. The van der Waals surface area contributed by atoms with E-state index in [4.69, 9.17) is 9.47 Å². The summed E-state index contributed by atoms with van der Waals surface area (Å²) >= 11 is 0. The van der Waals surface area contributed by atoms with Gasteiger partial charge in [0.2, 0.25) is 5.91 Å². The highest BCUT2D eigenvalue weighted by atomic mass is 19.1. The maximum absolute atomic E-state index is 14.3. The number of benzene rings is 1. The minimum absolute atomic E-state index is 0.00240. The van der Waals surface area contributed by atoms with Crippen LogP contribution < -0.4 is 15.0 Å². The molecule has 5 aliphatic rings. The van der Waals surface area contributed by atoms with E-state index in [1.54, 1.807) is 4.90 Å². The van der Waals surface area contributed by atoms with E-state index in [0.29, 0.717) is 31.5 Å². The van der Waals surface area contributed by atoms with Gasteiger partial charge >= 0.3 is 0 Å².